The molecule has 4 saturated carbocycles. The summed E-state index contributed by atoms with van der Waals surface area (Å²) < 4.78 is 17.4. The van der Waals surface area contributed by atoms with E-state index < -0.39 is 30.2 Å². The molecule has 36 heavy (non-hydrogen) atoms. The van der Waals surface area contributed by atoms with Crippen molar-refractivity contribution in [1.29, 1.82) is 0 Å². The van der Waals surface area contributed by atoms with Gasteiger partial charge in [0.25, 0.3) is 0 Å². The van der Waals surface area contributed by atoms with E-state index in [1.165, 1.54) is 0 Å². The summed E-state index contributed by atoms with van der Waals surface area (Å²) in [5, 5.41) is 32.5. The normalized spacial score (nSPS) is 54.8. The van der Waals surface area contributed by atoms with Crippen LogP contribution >= 0.6 is 0 Å². The summed E-state index contributed by atoms with van der Waals surface area (Å²) in [6.45, 7) is 6.92. The van der Waals surface area contributed by atoms with Crippen LogP contribution in [-0.2, 0) is 19.0 Å². The van der Waals surface area contributed by atoms with Crippen LogP contribution in [0.25, 0.3) is 0 Å². The Bertz CT molecular complexity index is 907. The van der Waals surface area contributed by atoms with E-state index in [0.29, 0.717) is 30.8 Å². The first-order valence-electron chi connectivity index (χ1n) is 14.3. The van der Waals surface area contributed by atoms with E-state index in [1.54, 1.807) is 13.0 Å². The van der Waals surface area contributed by atoms with Crippen LogP contribution in [0.3, 0.4) is 0 Å². The van der Waals surface area contributed by atoms with Gasteiger partial charge in [-0.15, -0.1) is 0 Å². The first-order chi connectivity index (χ1) is 17.0. The van der Waals surface area contributed by atoms with Crippen molar-refractivity contribution in [2.24, 2.45) is 34.5 Å². The molecule has 2 heterocycles. The molecule has 0 bridgehead atoms. The van der Waals surface area contributed by atoms with Crippen molar-refractivity contribution in [3.8, 4) is 0 Å². The molecule has 12 atom stereocenters. The molecule has 0 unspecified atom stereocenters. The van der Waals surface area contributed by atoms with Crippen molar-refractivity contribution in [2.75, 3.05) is 6.61 Å². The Kier molecular flexibility index (Phi) is 6.16. The molecule has 7 nitrogen and oxygen atoms in total. The number of cyclic esters (lactones) is 1. The Labute approximate surface area is 214 Å². The van der Waals surface area contributed by atoms with Gasteiger partial charge in [0.1, 0.15) is 12.7 Å². The van der Waals surface area contributed by atoms with Crippen molar-refractivity contribution >= 4 is 5.97 Å². The Balaban J connectivity index is 1.15. The zero-order valence-electron chi connectivity index (χ0n) is 22.0. The minimum absolute atomic E-state index is 0.110. The summed E-state index contributed by atoms with van der Waals surface area (Å²) in [5.74, 6) is 1.37. The molecular formula is C29H44O7. The van der Waals surface area contributed by atoms with Crippen molar-refractivity contribution in [1.82, 2.24) is 0 Å². The van der Waals surface area contributed by atoms with Gasteiger partial charge in [0.2, 0.25) is 0 Å². The Hall–Kier alpha value is -0.990. The van der Waals surface area contributed by atoms with Gasteiger partial charge in [0.05, 0.1) is 23.9 Å². The molecule has 6 aliphatic rings. The summed E-state index contributed by atoms with van der Waals surface area (Å²) in [6.07, 6.45) is 8.64. The summed E-state index contributed by atoms with van der Waals surface area (Å²) in [5.41, 5.74) is 0.404. The second-order valence-electron chi connectivity index (χ2n) is 13.4. The van der Waals surface area contributed by atoms with E-state index in [0.717, 1.165) is 63.4 Å². The molecule has 0 aromatic heterocycles. The zero-order chi connectivity index (χ0) is 25.5. The predicted octanol–water partition coefficient (Wildman–Crippen LogP) is 3.49. The highest BCUT2D eigenvalue weighted by molar-refractivity contribution is 5.85. The van der Waals surface area contributed by atoms with Crippen molar-refractivity contribution in [3.05, 3.63) is 11.6 Å². The molecule has 0 amide bonds. The first-order valence-corrected chi connectivity index (χ1v) is 14.3. The van der Waals surface area contributed by atoms with Crippen LogP contribution in [0.1, 0.15) is 85.0 Å². The molecule has 0 radical (unpaired) electrons. The Morgan fingerprint density at radius 1 is 1.00 bits per heavy atom. The van der Waals surface area contributed by atoms with Crippen LogP contribution in [0, 0.1) is 34.5 Å². The third-order valence-electron chi connectivity index (χ3n) is 12.0. The van der Waals surface area contributed by atoms with Crippen molar-refractivity contribution in [2.45, 2.75) is 121 Å². The molecule has 0 spiro atoms. The molecule has 7 heteroatoms. The minimum Gasteiger partial charge on any atom is -0.458 e. The van der Waals surface area contributed by atoms with Gasteiger partial charge in [-0.2, -0.15) is 0 Å². The number of carbonyl (C=O) groups is 1. The van der Waals surface area contributed by atoms with E-state index in [4.69, 9.17) is 14.2 Å². The van der Waals surface area contributed by atoms with Gasteiger partial charge >= 0.3 is 5.97 Å². The third kappa shape index (κ3) is 3.67. The highest BCUT2D eigenvalue weighted by Gasteiger charge is 2.67. The second kappa shape index (κ2) is 8.77. The number of carbonyl (C=O) groups excluding carboxylic acids is 1. The number of aliphatic hydroxyl groups excluding tert-OH is 2. The smallest absolute Gasteiger partial charge is 0.331 e. The largest absolute Gasteiger partial charge is 0.458 e. The van der Waals surface area contributed by atoms with Gasteiger partial charge in [-0.3, -0.25) is 0 Å². The molecule has 1 saturated heterocycles. The van der Waals surface area contributed by atoms with Crippen molar-refractivity contribution in [3.63, 3.8) is 0 Å². The molecule has 4 aliphatic carbocycles. The highest BCUT2D eigenvalue weighted by Crippen LogP contribution is 2.70. The topological polar surface area (TPSA) is 105 Å². The van der Waals surface area contributed by atoms with Crippen LogP contribution in [0.4, 0.5) is 0 Å². The van der Waals surface area contributed by atoms with Crippen LogP contribution < -0.4 is 0 Å². The summed E-state index contributed by atoms with van der Waals surface area (Å²) in [7, 11) is 0. The van der Waals surface area contributed by atoms with E-state index in [9.17, 15) is 20.1 Å². The maximum Gasteiger partial charge on any atom is 0.331 e. The molecule has 0 aromatic carbocycles. The molecule has 2 aliphatic heterocycles. The maximum absolute atomic E-state index is 12.4. The average Bonchev–Trinajstić information content (AvgIpc) is 3.37. The molecule has 202 valence electrons. The number of rotatable bonds is 3. The third-order valence-corrected chi connectivity index (χ3v) is 12.0. The maximum atomic E-state index is 12.4. The summed E-state index contributed by atoms with van der Waals surface area (Å²) in [6, 6.07) is 0. The fraction of sp³-hybridized carbons (Fsp3) is 0.897. The van der Waals surface area contributed by atoms with Gasteiger partial charge in [-0.1, -0.05) is 13.8 Å². The molecule has 3 N–H and O–H groups in total. The number of aliphatic hydroxyl groups is 3. The molecule has 6 rings (SSSR count). The zero-order valence-corrected chi connectivity index (χ0v) is 22.0. The van der Waals surface area contributed by atoms with Gasteiger partial charge in [0.15, 0.2) is 6.29 Å². The standard InChI is InChI=1S/C29H44O7/c1-16-26(32)23(30)14-25(35-16)36-19-6-9-27(2)18(13-19)4-5-22-21(27)7-10-28(3)20(8-11-29(22,28)33)17-12-24(31)34-15-17/h12,16,18-23,25-26,30,32-33H,4-11,13-15H2,1-3H3/t16-,18+,19+,20-,21+,22+,23+,25+,26-,27+,28-,29+/m1/s1. The lowest BCUT2D eigenvalue weighted by Gasteiger charge is -2.63. The second-order valence-corrected chi connectivity index (χ2v) is 13.4. The van der Waals surface area contributed by atoms with Gasteiger partial charge in [-0.05, 0) is 99.4 Å². The van der Waals surface area contributed by atoms with Gasteiger partial charge in [0, 0.05) is 17.9 Å². The van der Waals surface area contributed by atoms with E-state index in [2.05, 4.69) is 13.8 Å². The molecule has 0 aromatic rings. The van der Waals surface area contributed by atoms with Crippen LogP contribution in [0.5, 0.6) is 0 Å². The molecular weight excluding hydrogens is 460 g/mol. The van der Waals surface area contributed by atoms with Crippen LogP contribution in [0.15, 0.2) is 11.6 Å². The lowest BCUT2D eigenvalue weighted by molar-refractivity contribution is -0.270. The monoisotopic (exact) mass is 504 g/mol. The lowest BCUT2D eigenvalue weighted by Crippen LogP contribution is -2.62. The fourth-order valence-electron chi connectivity index (χ4n) is 9.82. The number of esters is 1. The first kappa shape index (κ1) is 25.3. The van der Waals surface area contributed by atoms with E-state index in [1.807, 2.05) is 0 Å². The number of ether oxygens (including phenoxy) is 3. The lowest BCUT2D eigenvalue weighted by atomic mass is 9.43. The van der Waals surface area contributed by atoms with Gasteiger partial charge < -0.3 is 29.5 Å². The average molecular weight is 505 g/mol. The van der Waals surface area contributed by atoms with Crippen molar-refractivity contribution < 1.29 is 34.3 Å². The minimum atomic E-state index is -0.856. The quantitative estimate of drug-likeness (QED) is 0.399. The van der Waals surface area contributed by atoms with Crippen LogP contribution in [-0.4, -0.2) is 64.2 Å². The summed E-state index contributed by atoms with van der Waals surface area (Å²) >= 11 is 0. The Morgan fingerprint density at radius 3 is 2.53 bits per heavy atom. The van der Waals surface area contributed by atoms with Crippen LogP contribution in [0.2, 0.25) is 0 Å². The van der Waals surface area contributed by atoms with E-state index >= 15 is 0 Å². The SMILES string of the molecule is C[C@H]1O[C@@H](O[C@H]2CC[C@@]3(C)[C@@H](CC[C@H]4[C@@H]3CC[C@]3(C)[C@@H](C5=CC(=O)OC5)CC[C@]43O)C2)C[C@H](O)[C@@H]1O. The summed E-state index contributed by atoms with van der Waals surface area (Å²) in [4.78, 5) is 11.8. The number of hydrogen-bond donors (Lipinski definition) is 3. The number of fused-ring (bicyclic) bond motifs is 5. The number of hydrogen-bond acceptors (Lipinski definition) is 7. The highest BCUT2D eigenvalue weighted by atomic mass is 16.7. The predicted molar refractivity (Wildman–Crippen MR) is 132 cm³/mol. The Morgan fingerprint density at radius 2 is 1.81 bits per heavy atom. The van der Waals surface area contributed by atoms with Gasteiger partial charge in [-0.25, -0.2) is 4.79 Å². The molecule has 5 fully saturated rings. The van der Waals surface area contributed by atoms with E-state index in [-0.39, 0.29) is 28.8 Å². The fourth-order valence-corrected chi connectivity index (χ4v) is 9.82.